The van der Waals surface area contributed by atoms with Crippen LogP contribution in [-0.2, 0) is 0 Å². The van der Waals surface area contributed by atoms with E-state index in [2.05, 4.69) is 4.98 Å². The first-order valence-electron chi connectivity index (χ1n) is 7.35. The largest absolute Gasteiger partial charge is 0.422 e. The molecule has 0 saturated carbocycles. The Morgan fingerprint density at radius 1 is 1.08 bits per heavy atom. The molecule has 25 heavy (non-hydrogen) atoms. The maximum atomic E-state index is 12.2. The molecule has 0 amide bonds. The van der Waals surface area contributed by atoms with Crippen molar-refractivity contribution in [1.29, 1.82) is 0 Å². The van der Waals surface area contributed by atoms with Gasteiger partial charge in [0.15, 0.2) is 0 Å². The lowest BCUT2D eigenvalue weighted by molar-refractivity contribution is -0.384. The molecule has 4 aromatic rings. The van der Waals surface area contributed by atoms with Gasteiger partial charge in [0.1, 0.15) is 10.6 Å². The van der Waals surface area contributed by atoms with Gasteiger partial charge >= 0.3 is 5.63 Å². The number of rotatable bonds is 3. The molecule has 6 nitrogen and oxygen atoms in total. The summed E-state index contributed by atoms with van der Waals surface area (Å²) in [5.41, 5.74) is 1.92. The number of nitrogens with zero attached hydrogens (tertiary/aromatic N) is 2. The molecule has 0 fully saturated rings. The van der Waals surface area contributed by atoms with Crippen molar-refractivity contribution >= 4 is 28.0 Å². The third-order valence-corrected chi connectivity index (χ3v) is 4.63. The number of nitro groups is 1. The second kappa shape index (κ2) is 5.95. The molecule has 0 unspecified atom stereocenters. The van der Waals surface area contributed by atoms with Crippen LogP contribution in [0.25, 0.3) is 32.8 Å². The van der Waals surface area contributed by atoms with Gasteiger partial charge in [0.05, 0.1) is 16.2 Å². The van der Waals surface area contributed by atoms with Crippen molar-refractivity contribution in [3.63, 3.8) is 0 Å². The Balaban J connectivity index is 1.75. The molecule has 0 N–H and O–H groups in total. The summed E-state index contributed by atoms with van der Waals surface area (Å²) in [6.07, 6.45) is 0. The van der Waals surface area contributed by atoms with Gasteiger partial charge in [-0.1, -0.05) is 18.2 Å². The van der Waals surface area contributed by atoms with E-state index in [1.807, 2.05) is 17.5 Å². The van der Waals surface area contributed by atoms with Crippen molar-refractivity contribution in [2.45, 2.75) is 0 Å². The second-order valence-electron chi connectivity index (χ2n) is 5.33. The lowest BCUT2D eigenvalue weighted by Crippen LogP contribution is -2.02. The number of hydrogen-bond donors (Lipinski definition) is 0. The summed E-state index contributed by atoms with van der Waals surface area (Å²) in [7, 11) is 0. The highest BCUT2D eigenvalue weighted by Gasteiger charge is 2.13. The number of thiazole rings is 1. The van der Waals surface area contributed by atoms with Crippen LogP contribution in [0.4, 0.5) is 5.69 Å². The normalized spacial score (nSPS) is 10.9. The zero-order chi connectivity index (χ0) is 17.4. The molecule has 0 aliphatic rings. The van der Waals surface area contributed by atoms with Crippen molar-refractivity contribution < 1.29 is 9.34 Å². The Morgan fingerprint density at radius 3 is 2.60 bits per heavy atom. The Hall–Kier alpha value is -3.32. The van der Waals surface area contributed by atoms with E-state index in [0.29, 0.717) is 21.8 Å². The summed E-state index contributed by atoms with van der Waals surface area (Å²) < 4.78 is 5.34. The Morgan fingerprint density at radius 2 is 1.84 bits per heavy atom. The van der Waals surface area contributed by atoms with Crippen molar-refractivity contribution in [3.8, 4) is 21.8 Å². The predicted molar refractivity (Wildman–Crippen MR) is 95.7 cm³/mol. The minimum atomic E-state index is -0.448. The average Bonchev–Trinajstić information content (AvgIpc) is 3.11. The third kappa shape index (κ3) is 2.81. The second-order valence-corrected chi connectivity index (χ2v) is 6.19. The minimum Gasteiger partial charge on any atom is -0.422 e. The minimum absolute atomic E-state index is 0.0226. The fraction of sp³-hybridized carbons (Fsp3) is 0. The molecule has 0 atom stereocenters. The maximum Gasteiger partial charge on any atom is 0.346 e. The molecule has 4 rings (SSSR count). The van der Waals surface area contributed by atoms with Crippen LogP contribution in [0.3, 0.4) is 0 Å². The number of non-ortho nitro benzene ring substituents is 1. The highest BCUT2D eigenvalue weighted by atomic mass is 32.1. The first kappa shape index (κ1) is 15.2. The summed E-state index contributed by atoms with van der Waals surface area (Å²) in [5.74, 6) is 0. The van der Waals surface area contributed by atoms with Crippen molar-refractivity contribution in [3.05, 3.63) is 80.5 Å². The fourth-order valence-corrected chi connectivity index (χ4v) is 3.33. The molecule has 2 aromatic carbocycles. The highest BCUT2D eigenvalue weighted by molar-refractivity contribution is 7.13. The lowest BCUT2D eigenvalue weighted by atomic mass is 10.1. The number of fused-ring (bicyclic) bond motifs is 1. The van der Waals surface area contributed by atoms with Gasteiger partial charge in [-0.05, 0) is 24.3 Å². The van der Waals surface area contributed by atoms with E-state index >= 15 is 0 Å². The topological polar surface area (TPSA) is 86.2 Å². The van der Waals surface area contributed by atoms with E-state index in [1.165, 1.54) is 23.5 Å². The summed E-state index contributed by atoms with van der Waals surface area (Å²) in [6.45, 7) is 0. The molecule has 0 saturated heterocycles. The van der Waals surface area contributed by atoms with E-state index in [-0.39, 0.29) is 5.69 Å². The van der Waals surface area contributed by atoms with Gasteiger partial charge in [0, 0.05) is 28.5 Å². The molecular weight excluding hydrogens is 340 g/mol. The van der Waals surface area contributed by atoms with E-state index < -0.39 is 10.5 Å². The van der Waals surface area contributed by atoms with Crippen LogP contribution in [0.5, 0.6) is 0 Å². The average molecular weight is 350 g/mol. The van der Waals surface area contributed by atoms with Crippen LogP contribution >= 0.6 is 11.3 Å². The SMILES string of the molecule is O=c1oc2ccccc2cc1-c1nc(-c2ccc([N+](=O)[O-])cc2)cs1. The molecule has 2 heterocycles. The van der Waals surface area contributed by atoms with Gasteiger partial charge in [-0.3, -0.25) is 10.1 Å². The van der Waals surface area contributed by atoms with E-state index in [9.17, 15) is 14.9 Å². The van der Waals surface area contributed by atoms with Crippen LogP contribution < -0.4 is 5.63 Å². The van der Waals surface area contributed by atoms with Gasteiger partial charge in [-0.15, -0.1) is 11.3 Å². The smallest absolute Gasteiger partial charge is 0.346 e. The number of hydrogen-bond acceptors (Lipinski definition) is 6. The fourth-order valence-electron chi connectivity index (χ4n) is 2.49. The Labute approximate surface area is 145 Å². The van der Waals surface area contributed by atoms with Gasteiger partial charge in [0.2, 0.25) is 0 Å². The van der Waals surface area contributed by atoms with Crippen LogP contribution in [0.1, 0.15) is 0 Å². The summed E-state index contributed by atoms with van der Waals surface area (Å²) in [6, 6.07) is 15.2. The maximum absolute atomic E-state index is 12.2. The Kier molecular flexibility index (Phi) is 3.62. The zero-order valence-corrected chi connectivity index (χ0v) is 13.5. The molecule has 2 aromatic heterocycles. The van der Waals surface area contributed by atoms with Crippen molar-refractivity contribution in [1.82, 2.24) is 4.98 Å². The van der Waals surface area contributed by atoms with Crippen LogP contribution in [0, 0.1) is 10.1 Å². The van der Waals surface area contributed by atoms with Gasteiger partial charge in [-0.2, -0.15) is 0 Å². The molecular formula is C18H10N2O4S. The number of aromatic nitrogens is 1. The van der Waals surface area contributed by atoms with Crippen LogP contribution in [0.2, 0.25) is 0 Å². The molecule has 0 bridgehead atoms. The molecule has 0 radical (unpaired) electrons. The number of nitro benzene ring substituents is 1. The van der Waals surface area contributed by atoms with Crippen molar-refractivity contribution in [2.24, 2.45) is 0 Å². The first-order chi connectivity index (χ1) is 12.1. The monoisotopic (exact) mass is 350 g/mol. The molecule has 122 valence electrons. The molecule has 0 aliphatic heterocycles. The summed E-state index contributed by atoms with van der Waals surface area (Å²) in [5, 5.41) is 13.9. The molecule has 0 spiro atoms. The van der Waals surface area contributed by atoms with Crippen LogP contribution in [0.15, 0.2) is 69.2 Å². The van der Waals surface area contributed by atoms with Gasteiger partial charge in [-0.25, -0.2) is 9.78 Å². The Bertz CT molecular complexity index is 1150. The summed E-state index contributed by atoms with van der Waals surface area (Å²) >= 11 is 1.33. The van der Waals surface area contributed by atoms with E-state index in [1.54, 1.807) is 30.3 Å². The van der Waals surface area contributed by atoms with E-state index in [0.717, 1.165) is 10.9 Å². The van der Waals surface area contributed by atoms with Crippen LogP contribution in [-0.4, -0.2) is 9.91 Å². The van der Waals surface area contributed by atoms with Gasteiger partial charge in [0.25, 0.3) is 5.69 Å². The lowest BCUT2D eigenvalue weighted by Gasteiger charge is -1.99. The summed E-state index contributed by atoms with van der Waals surface area (Å²) in [4.78, 5) is 27.0. The van der Waals surface area contributed by atoms with Gasteiger partial charge < -0.3 is 4.42 Å². The predicted octanol–water partition coefficient (Wildman–Crippen LogP) is 4.49. The number of para-hydroxylation sites is 1. The molecule has 7 heteroatoms. The third-order valence-electron chi connectivity index (χ3n) is 3.75. The zero-order valence-electron chi connectivity index (χ0n) is 12.7. The number of benzene rings is 2. The van der Waals surface area contributed by atoms with E-state index in [4.69, 9.17) is 4.42 Å². The molecule has 0 aliphatic carbocycles. The van der Waals surface area contributed by atoms with Crippen molar-refractivity contribution in [2.75, 3.05) is 0 Å². The quantitative estimate of drug-likeness (QED) is 0.309. The first-order valence-corrected chi connectivity index (χ1v) is 8.23. The highest BCUT2D eigenvalue weighted by Crippen LogP contribution is 2.29. The standard InChI is InChI=1S/C18H10N2O4S/c21-18-14(9-12-3-1-2-4-16(12)24-18)17-19-15(10-25-17)11-5-7-13(8-6-11)20(22)23/h1-10H.